The van der Waals surface area contributed by atoms with Gasteiger partial charge >= 0.3 is 0 Å². The number of hydrogen-bond acceptors (Lipinski definition) is 8. The number of nitrogens with one attached hydrogen (secondary N) is 2. The van der Waals surface area contributed by atoms with Gasteiger partial charge in [-0.3, -0.25) is 9.48 Å². The quantitative estimate of drug-likeness (QED) is 0.166. The van der Waals surface area contributed by atoms with Crippen molar-refractivity contribution in [1.82, 2.24) is 34.6 Å². The Labute approximate surface area is 302 Å². The summed E-state index contributed by atoms with van der Waals surface area (Å²) in [6, 6.07) is 4.82. The van der Waals surface area contributed by atoms with Gasteiger partial charge in [0.15, 0.2) is 10.8 Å². The summed E-state index contributed by atoms with van der Waals surface area (Å²) >= 11 is 6.42. The first-order valence-corrected chi connectivity index (χ1v) is 20.6. The second-order valence-corrected chi connectivity index (χ2v) is 17.5. The van der Waals surface area contributed by atoms with E-state index in [0.29, 0.717) is 36.3 Å². The van der Waals surface area contributed by atoms with Crippen LogP contribution in [0, 0.1) is 30.6 Å². The van der Waals surface area contributed by atoms with E-state index in [1.807, 2.05) is 0 Å². The maximum atomic E-state index is 13.2. The van der Waals surface area contributed by atoms with Gasteiger partial charge in [-0.25, -0.2) is 14.4 Å². The molecule has 6 rings (SSSR count). The smallest absolute Gasteiger partial charge is 0.283 e. The summed E-state index contributed by atoms with van der Waals surface area (Å²) in [7, 11) is -4.24. The fraction of sp³-hybridized carbons (Fsp3) is 0.676. The minimum atomic E-state index is -4.24. The van der Waals surface area contributed by atoms with Crippen LogP contribution in [-0.2, 0) is 16.6 Å². The molecule has 1 aliphatic heterocycles. The van der Waals surface area contributed by atoms with Crippen molar-refractivity contribution in [3.8, 4) is 11.7 Å². The van der Waals surface area contributed by atoms with Crippen LogP contribution < -0.4 is 14.8 Å². The number of aryl methyl sites for hydroxylation is 2. The molecule has 50 heavy (non-hydrogen) atoms. The number of amides is 1. The first kappa shape index (κ1) is 36.8. The Kier molecular flexibility index (Phi) is 11.9. The van der Waals surface area contributed by atoms with Gasteiger partial charge in [-0.05, 0) is 88.8 Å². The fourth-order valence-electron chi connectivity index (χ4n) is 8.66. The molecule has 1 unspecified atom stereocenters. The van der Waals surface area contributed by atoms with E-state index in [9.17, 15) is 13.2 Å². The number of carbonyl (C=O) groups is 1. The van der Waals surface area contributed by atoms with Crippen LogP contribution in [0.4, 0.5) is 0 Å². The van der Waals surface area contributed by atoms with E-state index in [1.165, 1.54) is 70.3 Å². The highest BCUT2D eigenvalue weighted by Gasteiger charge is 2.32. The molecule has 3 aliphatic rings. The third kappa shape index (κ3) is 9.28. The Hall–Kier alpha value is -2.96. The van der Waals surface area contributed by atoms with Gasteiger partial charge in [0.2, 0.25) is 5.88 Å². The lowest BCUT2D eigenvalue weighted by molar-refractivity contribution is 0.0981. The van der Waals surface area contributed by atoms with Crippen molar-refractivity contribution in [2.24, 2.45) is 23.7 Å². The maximum absolute atomic E-state index is 13.2. The lowest BCUT2D eigenvalue weighted by Gasteiger charge is -2.38. The molecule has 2 saturated carbocycles. The zero-order chi connectivity index (χ0) is 35.3. The van der Waals surface area contributed by atoms with Gasteiger partial charge in [0.05, 0.1) is 12.2 Å². The fourth-order valence-corrected chi connectivity index (χ4v) is 10.0. The van der Waals surface area contributed by atoms with Crippen molar-refractivity contribution in [3.05, 3.63) is 46.9 Å². The Bertz CT molecular complexity index is 1690. The average Bonchev–Trinajstić information content (AvgIpc) is 3.82. The first-order chi connectivity index (χ1) is 24.0. The van der Waals surface area contributed by atoms with E-state index in [-0.39, 0.29) is 21.3 Å². The number of aromatic nitrogens is 5. The van der Waals surface area contributed by atoms with Gasteiger partial charge in [0, 0.05) is 36.1 Å². The molecule has 1 amide bonds. The molecule has 3 aromatic heterocycles. The standard InChI is InChI=1S/C37H54ClN7O4S/c1-26-25-44(20-10-11-27-23-37(2,3)39-24-27)42-36(26)50(47,48)43-35(46)31-16-17-32(40-34(31)38)45-21-18-33(41-45)49-22-19-30(28-12-6-4-7-13-28)29-14-8-5-9-15-29/h16-18,21,25,27-30,39H,4-15,19-20,22-24H2,1-3H3,(H,43,46). The maximum Gasteiger partial charge on any atom is 0.283 e. The van der Waals surface area contributed by atoms with E-state index in [2.05, 4.69) is 39.1 Å². The zero-order valence-corrected chi connectivity index (χ0v) is 31.4. The number of hydrogen-bond donors (Lipinski definition) is 2. The van der Waals surface area contributed by atoms with Crippen molar-refractivity contribution in [1.29, 1.82) is 0 Å². The Morgan fingerprint density at radius 2 is 1.76 bits per heavy atom. The molecule has 1 atom stereocenters. The highest BCUT2D eigenvalue weighted by atomic mass is 35.5. The van der Waals surface area contributed by atoms with E-state index in [4.69, 9.17) is 16.3 Å². The summed E-state index contributed by atoms with van der Waals surface area (Å²) < 4.78 is 37.9. The molecule has 3 aromatic rings. The van der Waals surface area contributed by atoms with Crippen molar-refractivity contribution < 1.29 is 17.9 Å². The topological polar surface area (TPSA) is 133 Å². The van der Waals surface area contributed by atoms with Crippen LogP contribution in [0.15, 0.2) is 35.6 Å². The monoisotopic (exact) mass is 727 g/mol. The molecule has 0 spiro atoms. The minimum Gasteiger partial charge on any atom is -0.477 e. The van der Waals surface area contributed by atoms with Crippen LogP contribution in [0.5, 0.6) is 5.88 Å². The van der Waals surface area contributed by atoms with Crippen molar-refractivity contribution in [2.45, 2.75) is 128 Å². The van der Waals surface area contributed by atoms with Gasteiger partial charge in [-0.1, -0.05) is 75.8 Å². The van der Waals surface area contributed by atoms with E-state index >= 15 is 0 Å². The third-order valence-electron chi connectivity index (χ3n) is 11.1. The third-order valence-corrected chi connectivity index (χ3v) is 12.8. The summed E-state index contributed by atoms with van der Waals surface area (Å²) in [5, 5.41) is 12.1. The van der Waals surface area contributed by atoms with Gasteiger partial charge in [-0.15, -0.1) is 5.10 Å². The molecule has 13 heteroatoms. The number of nitrogens with zero attached hydrogens (tertiary/aromatic N) is 5. The SMILES string of the molecule is Cc1cn(CCCC2CNC(C)(C)C2)nc1S(=O)(=O)NC(=O)c1ccc(-n2ccc(OCCC(C3CCCCC3)C3CCCCC3)n2)nc1Cl. The minimum absolute atomic E-state index is 0.0655. The lowest BCUT2D eigenvalue weighted by Crippen LogP contribution is -2.31. The van der Waals surface area contributed by atoms with Crippen LogP contribution in [0.1, 0.15) is 120 Å². The van der Waals surface area contributed by atoms with Gasteiger partial charge in [0.25, 0.3) is 15.9 Å². The lowest BCUT2D eigenvalue weighted by atomic mass is 9.68. The van der Waals surface area contributed by atoms with Crippen LogP contribution in [-0.4, -0.2) is 57.6 Å². The Morgan fingerprint density at radius 3 is 2.40 bits per heavy atom. The molecule has 0 bridgehead atoms. The van der Waals surface area contributed by atoms with Crippen LogP contribution >= 0.6 is 11.6 Å². The number of carbonyl (C=O) groups excluding carboxylic acids is 1. The molecule has 274 valence electrons. The second kappa shape index (κ2) is 16.2. The highest BCUT2D eigenvalue weighted by molar-refractivity contribution is 7.90. The largest absolute Gasteiger partial charge is 0.477 e. The molecule has 1 saturated heterocycles. The normalized spacial score (nSPS) is 20.4. The predicted octanol–water partition coefficient (Wildman–Crippen LogP) is 7.26. The van der Waals surface area contributed by atoms with E-state index < -0.39 is 15.9 Å². The number of rotatable bonds is 14. The van der Waals surface area contributed by atoms with E-state index in [0.717, 1.165) is 50.0 Å². The number of sulfonamides is 1. The highest BCUT2D eigenvalue weighted by Crippen LogP contribution is 2.41. The summed E-state index contributed by atoms with van der Waals surface area (Å²) in [5.74, 6) is 2.96. The molecular weight excluding hydrogens is 674 g/mol. The molecule has 3 fully saturated rings. The number of halogens is 1. The van der Waals surface area contributed by atoms with E-state index in [1.54, 1.807) is 40.8 Å². The molecular formula is C37H54ClN7O4S. The Balaban J connectivity index is 1.02. The summed E-state index contributed by atoms with van der Waals surface area (Å²) in [6.45, 7) is 8.31. The average molecular weight is 728 g/mol. The van der Waals surface area contributed by atoms with Crippen LogP contribution in [0.3, 0.4) is 0 Å². The molecule has 0 radical (unpaired) electrons. The molecule has 4 heterocycles. The second-order valence-electron chi connectivity index (χ2n) is 15.5. The zero-order valence-electron chi connectivity index (χ0n) is 29.9. The molecule has 0 aromatic carbocycles. The van der Waals surface area contributed by atoms with Crippen molar-refractivity contribution >= 4 is 27.5 Å². The summed E-state index contributed by atoms with van der Waals surface area (Å²) in [5.41, 5.74) is 0.557. The van der Waals surface area contributed by atoms with Gasteiger partial charge in [0.1, 0.15) is 5.15 Å². The first-order valence-electron chi connectivity index (χ1n) is 18.7. The predicted molar refractivity (Wildman–Crippen MR) is 194 cm³/mol. The van der Waals surface area contributed by atoms with Crippen molar-refractivity contribution in [2.75, 3.05) is 13.2 Å². The van der Waals surface area contributed by atoms with Crippen molar-refractivity contribution in [3.63, 3.8) is 0 Å². The molecule has 2 aliphatic carbocycles. The molecule has 11 nitrogen and oxygen atoms in total. The summed E-state index contributed by atoms with van der Waals surface area (Å²) in [6.07, 6.45) is 21.1. The van der Waals surface area contributed by atoms with Gasteiger partial charge in [-0.2, -0.15) is 13.5 Å². The van der Waals surface area contributed by atoms with Crippen LogP contribution in [0.25, 0.3) is 5.82 Å². The number of ether oxygens (including phenoxy) is 1. The van der Waals surface area contributed by atoms with Crippen LogP contribution in [0.2, 0.25) is 5.15 Å². The summed E-state index contributed by atoms with van der Waals surface area (Å²) in [4.78, 5) is 17.4. The molecule has 2 N–H and O–H groups in total. The number of pyridine rings is 1. The van der Waals surface area contributed by atoms with Gasteiger partial charge < -0.3 is 10.1 Å². The Morgan fingerprint density at radius 1 is 1.06 bits per heavy atom.